The molecule has 32 heavy (non-hydrogen) atoms. The van der Waals surface area contributed by atoms with Gasteiger partial charge in [0.15, 0.2) is 0 Å². The normalized spacial score (nSPS) is 19.7. The first-order valence-electron chi connectivity index (χ1n) is 11.0. The van der Waals surface area contributed by atoms with E-state index in [2.05, 4.69) is 10.6 Å². The van der Waals surface area contributed by atoms with E-state index in [1.807, 2.05) is 6.92 Å². The van der Waals surface area contributed by atoms with Gasteiger partial charge in [-0.3, -0.25) is 19.2 Å². The minimum absolute atomic E-state index is 0.149. The fourth-order valence-corrected chi connectivity index (χ4v) is 3.53. The molecule has 0 aromatic carbocycles. The molecule has 6 N–H and O–H groups in total. The van der Waals surface area contributed by atoms with Gasteiger partial charge in [-0.1, -0.05) is 34.1 Å². The molecule has 5 unspecified atom stereocenters. The Morgan fingerprint density at radius 2 is 1.69 bits per heavy atom. The van der Waals surface area contributed by atoms with Crippen LogP contribution in [-0.2, 0) is 24.0 Å². The number of nitrogens with one attached hydrogen (secondary N) is 2. The van der Waals surface area contributed by atoms with E-state index < -0.39 is 53.8 Å². The first-order chi connectivity index (χ1) is 14.9. The molecular formula is C21H36N4O7. The number of aliphatic carboxylic acids is 2. The first-order valence-corrected chi connectivity index (χ1v) is 11.0. The Bertz CT molecular complexity index is 712. The molecule has 1 fully saturated rings. The van der Waals surface area contributed by atoms with Crippen LogP contribution in [0.3, 0.4) is 0 Å². The predicted octanol–water partition coefficient (Wildman–Crippen LogP) is -0.0742. The van der Waals surface area contributed by atoms with Crippen molar-refractivity contribution in [1.29, 1.82) is 0 Å². The molecule has 0 saturated carbocycles. The maximum absolute atomic E-state index is 13.1. The predicted molar refractivity (Wildman–Crippen MR) is 115 cm³/mol. The summed E-state index contributed by atoms with van der Waals surface area (Å²) in [6.45, 7) is 7.37. The number of likely N-dealkylation sites (tertiary alicyclic amines) is 1. The van der Waals surface area contributed by atoms with Crippen molar-refractivity contribution in [3.63, 3.8) is 0 Å². The number of carbonyl (C=O) groups is 5. The zero-order valence-electron chi connectivity index (χ0n) is 19.2. The van der Waals surface area contributed by atoms with Gasteiger partial charge in [0.1, 0.15) is 18.1 Å². The summed E-state index contributed by atoms with van der Waals surface area (Å²) in [7, 11) is 0. The minimum Gasteiger partial charge on any atom is -0.481 e. The van der Waals surface area contributed by atoms with Gasteiger partial charge in [0.2, 0.25) is 17.7 Å². The number of amides is 3. The van der Waals surface area contributed by atoms with Gasteiger partial charge in [0, 0.05) is 13.0 Å². The minimum atomic E-state index is -1.22. The van der Waals surface area contributed by atoms with Crippen LogP contribution in [0.4, 0.5) is 0 Å². The molecule has 1 saturated heterocycles. The summed E-state index contributed by atoms with van der Waals surface area (Å²) < 4.78 is 0. The molecular weight excluding hydrogens is 420 g/mol. The summed E-state index contributed by atoms with van der Waals surface area (Å²) in [5, 5.41) is 23.6. The largest absolute Gasteiger partial charge is 0.481 e. The van der Waals surface area contributed by atoms with Gasteiger partial charge < -0.3 is 31.5 Å². The van der Waals surface area contributed by atoms with Crippen LogP contribution >= 0.6 is 0 Å². The van der Waals surface area contributed by atoms with Crippen LogP contribution in [0.25, 0.3) is 0 Å². The van der Waals surface area contributed by atoms with E-state index in [9.17, 15) is 29.1 Å². The molecule has 0 aromatic heterocycles. The molecule has 182 valence electrons. The lowest BCUT2D eigenvalue weighted by atomic mass is 9.96. The molecule has 5 atom stereocenters. The topological polar surface area (TPSA) is 179 Å². The van der Waals surface area contributed by atoms with Crippen molar-refractivity contribution in [2.45, 2.75) is 84.0 Å². The van der Waals surface area contributed by atoms with Crippen LogP contribution in [0.5, 0.6) is 0 Å². The number of rotatable bonds is 12. The SMILES string of the molecule is CCC(C)C(NC(=O)C(N)C(C)C)C(=O)NC(CCC(=O)O)C(=O)N1CCCC1C(=O)O. The molecule has 3 amide bonds. The fourth-order valence-electron chi connectivity index (χ4n) is 3.53. The van der Waals surface area contributed by atoms with Crippen LogP contribution < -0.4 is 16.4 Å². The van der Waals surface area contributed by atoms with E-state index in [1.165, 1.54) is 4.90 Å². The number of nitrogens with zero attached hydrogens (tertiary/aromatic N) is 1. The lowest BCUT2D eigenvalue weighted by molar-refractivity contribution is -0.150. The highest BCUT2D eigenvalue weighted by atomic mass is 16.4. The van der Waals surface area contributed by atoms with Gasteiger partial charge in [-0.15, -0.1) is 0 Å². The van der Waals surface area contributed by atoms with Gasteiger partial charge in [-0.25, -0.2) is 4.79 Å². The van der Waals surface area contributed by atoms with Gasteiger partial charge >= 0.3 is 11.9 Å². The monoisotopic (exact) mass is 456 g/mol. The smallest absolute Gasteiger partial charge is 0.326 e. The number of carboxylic acids is 2. The lowest BCUT2D eigenvalue weighted by Gasteiger charge is -2.30. The molecule has 0 radical (unpaired) electrons. The van der Waals surface area contributed by atoms with E-state index in [1.54, 1.807) is 20.8 Å². The van der Waals surface area contributed by atoms with Gasteiger partial charge in [0.25, 0.3) is 0 Å². The number of carboxylic acid groups (broad SMARTS) is 2. The Morgan fingerprint density at radius 1 is 1.06 bits per heavy atom. The Labute approximate surface area is 188 Å². The van der Waals surface area contributed by atoms with Crippen molar-refractivity contribution in [1.82, 2.24) is 15.5 Å². The quantitative estimate of drug-likeness (QED) is 0.270. The summed E-state index contributed by atoms with van der Waals surface area (Å²) in [6.07, 6.45) is 0.757. The molecule has 11 nitrogen and oxygen atoms in total. The second-order valence-corrected chi connectivity index (χ2v) is 8.66. The van der Waals surface area contributed by atoms with Crippen LogP contribution in [0.2, 0.25) is 0 Å². The third kappa shape index (κ3) is 7.47. The highest BCUT2D eigenvalue weighted by molar-refractivity contribution is 5.94. The second kappa shape index (κ2) is 12.4. The maximum atomic E-state index is 13.1. The van der Waals surface area contributed by atoms with Gasteiger partial charge in [0.05, 0.1) is 6.04 Å². The third-order valence-corrected chi connectivity index (χ3v) is 5.90. The number of carbonyl (C=O) groups excluding carboxylic acids is 3. The number of hydrogen-bond acceptors (Lipinski definition) is 6. The van der Waals surface area contributed by atoms with E-state index in [0.717, 1.165) is 0 Å². The molecule has 0 spiro atoms. The van der Waals surface area contributed by atoms with Crippen molar-refractivity contribution in [3.8, 4) is 0 Å². The van der Waals surface area contributed by atoms with E-state index in [-0.39, 0.29) is 31.2 Å². The highest BCUT2D eigenvalue weighted by Gasteiger charge is 2.39. The average Bonchev–Trinajstić information content (AvgIpc) is 3.22. The molecule has 1 aliphatic rings. The van der Waals surface area contributed by atoms with Crippen LogP contribution in [-0.4, -0.2) is 75.5 Å². The maximum Gasteiger partial charge on any atom is 0.326 e. The summed E-state index contributed by atoms with van der Waals surface area (Å²) in [5.74, 6) is -4.51. The van der Waals surface area contributed by atoms with E-state index in [0.29, 0.717) is 19.3 Å². The summed E-state index contributed by atoms with van der Waals surface area (Å²) in [6, 6.07) is -4.03. The van der Waals surface area contributed by atoms with Gasteiger partial charge in [-0.2, -0.15) is 0 Å². The summed E-state index contributed by atoms with van der Waals surface area (Å²) in [5.41, 5.74) is 5.88. The Kier molecular flexibility index (Phi) is 10.6. The van der Waals surface area contributed by atoms with Crippen LogP contribution in [0, 0.1) is 11.8 Å². The number of nitrogens with two attached hydrogens (primary N) is 1. The molecule has 1 rings (SSSR count). The fraction of sp³-hybridized carbons (Fsp3) is 0.762. The van der Waals surface area contributed by atoms with Crippen molar-refractivity contribution < 1.29 is 34.2 Å². The average molecular weight is 457 g/mol. The zero-order chi connectivity index (χ0) is 24.6. The van der Waals surface area contributed by atoms with Crippen molar-refractivity contribution >= 4 is 29.7 Å². The Morgan fingerprint density at radius 3 is 2.19 bits per heavy atom. The standard InChI is InChI=1S/C21H36N4O7/c1-5-12(4)17(24-18(28)16(22)11(2)3)19(29)23-13(8-9-15(26)27)20(30)25-10-6-7-14(25)21(31)32/h11-14,16-17H,5-10,22H2,1-4H3,(H,23,29)(H,24,28)(H,26,27)(H,31,32). The molecule has 0 aromatic rings. The van der Waals surface area contributed by atoms with Gasteiger partial charge in [-0.05, 0) is 31.1 Å². The summed E-state index contributed by atoms with van der Waals surface area (Å²) >= 11 is 0. The second-order valence-electron chi connectivity index (χ2n) is 8.66. The summed E-state index contributed by atoms with van der Waals surface area (Å²) in [4.78, 5) is 62.3. The number of hydrogen-bond donors (Lipinski definition) is 5. The van der Waals surface area contributed by atoms with Crippen molar-refractivity contribution in [2.75, 3.05) is 6.54 Å². The molecule has 11 heteroatoms. The molecule has 1 aliphatic heterocycles. The van der Waals surface area contributed by atoms with Crippen LogP contribution in [0.15, 0.2) is 0 Å². The van der Waals surface area contributed by atoms with Crippen molar-refractivity contribution in [2.24, 2.45) is 17.6 Å². The highest BCUT2D eigenvalue weighted by Crippen LogP contribution is 2.20. The molecule has 1 heterocycles. The molecule has 0 aliphatic carbocycles. The lowest BCUT2D eigenvalue weighted by Crippen LogP contribution is -2.59. The first kappa shape index (κ1) is 27.3. The van der Waals surface area contributed by atoms with E-state index in [4.69, 9.17) is 10.8 Å². The van der Waals surface area contributed by atoms with E-state index >= 15 is 0 Å². The molecule has 0 bridgehead atoms. The Hall–Kier alpha value is -2.69. The third-order valence-electron chi connectivity index (χ3n) is 5.90. The zero-order valence-corrected chi connectivity index (χ0v) is 19.2. The Balaban J connectivity index is 3.06. The van der Waals surface area contributed by atoms with Crippen LogP contribution in [0.1, 0.15) is 59.8 Å². The van der Waals surface area contributed by atoms with Crippen molar-refractivity contribution in [3.05, 3.63) is 0 Å².